The molecule has 0 amide bonds. The Morgan fingerprint density at radius 3 is 2.69 bits per heavy atom. The fourth-order valence-corrected chi connectivity index (χ4v) is 4.21. The van der Waals surface area contributed by atoms with E-state index < -0.39 is 0 Å². The maximum absolute atomic E-state index is 12.7. The number of ether oxygens (including phenoxy) is 2. The Morgan fingerprint density at radius 1 is 1.14 bits per heavy atom. The molecule has 148 valence electrons. The van der Waals surface area contributed by atoms with E-state index in [4.69, 9.17) is 9.47 Å². The van der Waals surface area contributed by atoms with Crippen LogP contribution in [0.2, 0.25) is 0 Å². The molecule has 6 nitrogen and oxygen atoms in total. The van der Waals surface area contributed by atoms with E-state index in [1.807, 2.05) is 42.5 Å². The molecule has 1 unspecified atom stereocenters. The molecule has 0 fully saturated rings. The highest BCUT2D eigenvalue weighted by Crippen LogP contribution is 2.33. The molecule has 0 radical (unpaired) electrons. The topological polar surface area (TPSA) is 56.6 Å². The second kappa shape index (κ2) is 7.37. The third kappa shape index (κ3) is 3.40. The molecule has 6 heteroatoms. The van der Waals surface area contributed by atoms with Crippen LogP contribution >= 0.6 is 0 Å². The van der Waals surface area contributed by atoms with Crippen molar-refractivity contribution >= 4 is 0 Å². The van der Waals surface area contributed by atoms with Gasteiger partial charge in [0.05, 0.1) is 19.2 Å². The van der Waals surface area contributed by atoms with Crippen molar-refractivity contribution in [3.05, 3.63) is 87.3 Å². The number of hydrogen-bond donors (Lipinski definition) is 0. The molecule has 5 rings (SSSR count). The lowest BCUT2D eigenvalue weighted by atomic mass is 10.0. The van der Waals surface area contributed by atoms with E-state index in [1.165, 1.54) is 5.56 Å². The van der Waals surface area contributed by atoms with Crippen LogP contribution < -0.4 is 15.0 Å². The number of rotatable bonds is 4. The SMILES string of the molecule is COc1ccc(C2Cn3c(nc(=O)c4c3CCN(Cc3ccccc3)C4)O2)cc1. The maximum atomic E-state index is 12.7. The van der Waals surface area contributed by atoms with Gasteiger partial charge in [0, 0.05) is 31.7 Å². The predicted octanol–water partition coefficient (Wildman–Crippen LogP) is 2.94. The van der Waals surface area contributed by atoms with Gasteiger partial charge < -0.3 is 9.47 Å². The zero-order valence-corrected chi connectivity index (χ0v) is 16.4. The second-order valence-electron chi connectivity index (χ2n) is 7.56. The lowest BCUT2D eigenvalue weighted by Crippen LogP contribution is -2.36. The van der Waals surface area contributed by atoms with Gasteiger partial charge in [-0.05, 0) is 23.3 Å². The first-order valence-electron chi connectivity index (χ1n) is 9.91. The molecule has 0 spiro atoms. The van der Waals surface area contributed by atoms with Gasteiger partial charge >= 0.3 is 6.01 Å². The van der Waals surface area contributed by atoms with Gasteiger partial charge in [-0.15, -0.1) is 0 Å². The van der Waals surface area contributed by atoms with E-state index in [1.54, 1.807) is 7.11 Å². The average molecular weight is 389 g/mol. The van der Waals surface area contributed by atoms with E-state index in [2.05, 4.69) is 26.6 Å². The maximum Gasteiger partial charge on any atom is 0.300 e. The first-order valence-corrected chi connectivity index (χ1v) is 9.91. The lowest BCUT2D eigenvalue weighted by Gasteiger charge is -2.29. The molecule has 2 aromatic carbocycles. The fraction of sp³-hybridized carbons (Fsp3) is 0.304. The van der Waals surface area contributed by atoms with Crippen LogP contribution in [0, 0.1) is 0 Å². The fourth-order valence-electron chi connectivity index (χ4n) is 4.21. The van der Waals surface area contributed by atoms with Crippen LogP contribution in [0.3, 0.4) is 0 Å². The van der Waals surface area contributed by atoms with Crippen molar-refractivity contribution in [3.63, 3.8) is 0 Å². The minimum absolute atomic E-state index is 0.137. The van der Waals surface area contributed by atoms with E-state index in [0.717, 1.165) is 42.1 Å². The van der Waals surface area contributed by atoms with Crippen LogP contribution in [-0.4, -0.2) is 28.1 Å². The Morgan fingerprint density at radius 2 is 1.93 bits per heavy atom. The normalized spacial score (nSPS) is 18.0. The summed E-state index contributed by atoms with van der Waals surface area (Å²) in [7, 11) is 1.65. The Kier molecular flexibility index (Phi) is 4.56. The highest BCUT2D eigenvalue weighted by atomic mass is 16.5. The Labute approximate surface area is 169 Å². The molecular formula is C23H23N3O3. The Balaban J connectivity index is 1.38. The van der Waals surface area contributed by atoms with Crippen LogP contribution in [0.5, 0.6) is 11.8 Å². The van der Waals surface area contributed by atoms with Gasteiger partial charge in [0.15, 0.2) is 0 Å². The van der Waals surface area contributed by atoms with Crippen LogP contribution in [-0.2, 0) is 26.1 Å². The first-order chi connectivity index (χ1) is 14.2. The molecule has 1 aromatic heterocycles. The van der Waals surface area contributed by atoms with Gasteiger partial charge in [-0.3, -0.25) is 14.3 Å². The van der Waals surface area contributed by atoms with Crippen molar-refractivity contribution in [2.45, 2.75) is 32.2 Å². The summed E-state index contributed by atoms with van der Waals surface area (Å²) in [6, 6.07) is 18.7. The molecule has 2 aliphatic heterocycles. The number of fused-ring (bicyclic) bond motifs is 3. The Hall–Kier alpha value is -3.12. The van der Waals surface area contributed by atoms with Gasteiger partial charge in [-0.1, -0.05) is 42.5 Å². The van der Waals surface area contributed by atoms with Gasteiger partial charge in [-0.2, -0.15) is 4.98 Å². The van der Waals surface area contributed by atoms with Crippen LogP contribution in [0.15, 0.2) is 59.4 Å². The zero-order chi connectivity index (χ0) is 19.8. The molecule has 1 atom stereocenters. The standard InChI is InChI=1S/C23H23N3O3/c1-28-18-9-7-17(8-10-18)21-15-26-20-11-12-25(13-16-5-3-2-4-6-16)14-19(20)22(27)24-23(26)29-21/h2-10,21H,11-15H2,1H3. The lowest BCUT2D eigenvalue weighted by molar-refractivity contribution is 0.229. The smallest absolute Gasteiger partial charge is 0.300 e. The third-order valence-corrected chi connectivity index (χ3v) is 5.74. The third-order valence-electron chi connectivity index (χ3n) is 5.74. The minimum atomic E-state index is -0.167. The van der Waals surface area contributed by atoms with Crippen molar-refractivity contribution in [2.75, 3.05) is 13.7 Å². The molecule has 3 heterocycles. The number of nitrogens with zero attached hydrogens (tertiary/aromatic N) is 3. The molecular weight excluding hydrogens is 366 g/mol. The van der Waals surface area contributed by atoms with E-state index in [0.29, 0.717) is 19.1 Å². The molecule has 0 saturated carbocycles. The van der Waals surface area contributed by atoms with Crippen molar-refractivity contribution in [3.8, 4) is 11.8 Å². The van der Waals surface area contributed by atoms with Gasteiger partial charge in [0.25, 0.3) is 5.56 Å². The van der Waals surface area contributed by atoms with Crippen molar-refractivity contribution in [1.82, 2.24) is 14.5 Å². The van der Waals surface area contributed by atoms with E-state index >= 15 is 0 Å². The van der Waals surface area contributed by atoms with Crippen LogP contribution in [0.1, 0.15) is 28.5 Å². The summed E-state index contributed by atoms with van der Waals surface area (Å²) in [6.07, 6.45) is 0.688. The summed E-state index contributed by atoms with van der Waals surface area (Å²) in [5.41, 5.74) is 4.02. The summed E-state index contributed by atoms with van der Waals surface area (Å²) in [5.74, 6) is 0.813. The summed E-state index contributed by atoms with van der Waals surface area (Å²) in [4.78, 5) is 19.3. The summed E-state index contributed by atoms with van der Waals surface area (Å²) >= 11 is 0. The highest BCUT2D eigenvalue weighted by molar-refractivity contribution is 5.32. The van der Waals surface area contributed by atoms with Gasteiger partial charge in [-0.25, -0.2) is 0 Å². The molecule has 0 bridgehead atoms. The summed E-state index contributed by atoms with van der Waals surface area (Å²) < 4.78 is 13.4. The van der Waals surface area contributed by atoms with Gasteiger partial charge in [0.1, 0.15) is 11.9 Å². The van der Waals surface area contributed by atoms with Crippen molar-refractivity contribution in [2.24, 2.45) is 0 Å². The molecule has 2 aliphatic rings. The van der Waals surface area contributed by atoms with Crippen molar-refractivity contribution < 1.29 is 9.47 Å². The van der Waals surface area contributed by atoms with Crippen LogP contribution in [0.25, 0.3) is 0 Å². The molecule has 0 aliphatic carbocycles. The number of methoxy groups -OCH3 is 1. The number of benzene rings is 2. The quantitative estimate of drug-likeness (QED) is 0.687. The molecule has 0 saturated heterocycles. The largest absolute Gasteiger partial charge is 0.497 e. The van der Waals surface area contributed by atoms with E-state index in [9.17, 15) is 4.79 Å². The second-order valence-corrected chi connectivity index (χ2v) is 7.56. The van der Waals surface area contributed by atoms with E-state index in [-0.39, 0.29) is 11.7 Å². The van der Waals surface area contributed by atoms with Crippen molar-refractivity contribution in [1.29, 1.82) is 0 Å². The first kappa shape index (κ1) is 17.9. The zero-order valence-electron chi connectivity index (χ0n) is 16.4. The van der Waals surface area contributed by atoms with Crippen LogP contribution in [0.4, 0.5) is 0 Å². The summed E-state index contributed by atoms with van der Waals surface area (Å²) in [6.45, 7) is 3.06. The van der Waals surface area contributed by atoms with Gasteiger partial charge in [0.2, 0.25) is 0 Å². The Bertz CT molecular complexity index is 1080. The molecule has 0 N–H and O–H groups in total. The minimum Gasteiger partial charge on any atom is -0.497 e. The molecule has 29 heavy (non-hydrogen) atoms. The molecule has 3 aromatic rings. The summed E-state index contributed by atoms with van der Waals surface area (Å²) in [5, 5.41) is 0. The number of hydrogen-bond acceptors (Lipinski definition) is 5. The monoisotopic (exact) mass is 389 g/mol. The predicted molar refractivity (Wildman–Crippen MR) is 109 cm³/mol. The highest BCUT2D eigenvalue weighted by Gasteiger charge is 2.31. The average Bonchev–Trinajstić information content (AvgIpc) is 3.19. The number of aromatic nitrogens is 2.